The second kappa shape index (κ2) is 4.17. The van der Waals surface area contributed by atoms with Crippen LogP contribution in [0.2, 0.25) is 0 Å². The first-order chi connectivity index (χ1) is 7.99. The number of hydrogen-bond donors (Lipinski definition) is 2. The summed E-state index contributed by atoms with van der Waals surface area (Å²) in [4.78, 5) is 15.8. The van der Waals surface area contributed by atoms with E-state index in [9.17, 15) is 4.79 Å². The number of hydrogen-bond acceptors (Lipinski definition) is 5. The molecule has 90 valence electrons. The maximum absolute atomic E-state index is 11.9. The first-order valence-corrected chi connectivity index (χ1v) is 5.89. The lowest BCUT2D eigenvalue weighted by Crippen LogP contribution is -2.13. The van der Waals surface area contributed by atoms with Crippen LogP contribution in [0.25, 0.3) is 0 Å². The van der Waals surface area contributed by atoms with Crippen molar-refractivity contribution in [1.29, 1.82) is 0 Å². The van der Waals surface area contributed by atoms with Crippen molar-refractivity contribution in [2.45, 2.75) is 13.8 Å². The minimum absolute atomic E-state index is 0.267. The van der Waals surface area contributed by atoms with Crippen molar-refractivity contribution >= 4 is 28.1 Å². The molecule has 1 amide bonds. The van der Waals surface area contributed by atoms with Crippen molar-refractivity contribution in [3.8, 4) is 0 Å². The fourth-order valence-corrected chi connectivity index (χ4v) is 2.07. The molecule has 6 nitrogen and oxygen atoms in total. The minimum atomic E-state index is -0.267. The van der Waals surface area contributed by atoms with Gasteiger partial charge in [0.15, 0.2) is 5.13 Å². The molecular formula is C10H13N5OS. The summed E-state index contributed by atoms with van der Waals surface area (Å²) in [6, 6.07) is 0. The topological polar surface area (TPSA) is 85.8 Å². The number of nitrogens with one attached hydrogen (secondary N) is 1. The predicted octanol–water partition coefficient (Wildman–Crippen LogP) is 1.33. The lowest BCUT2D eigenvalue weighted by Gasteiger charge is -2.03. The number of aryl methyl sites for hydroxylation is 2. The fourth-order valence-electron chi connectivity index (χ4n) is 1.52. The third kappa shape index (κ3) is 2.14. The average Bonchev–Trinajstić information content (AvgIpc) is 2.79. The third-order valence-corrected chi connectivity index (χ3v) is 3.18. The zero-order valence-electron chi connectivity index (χ0n) is 9.81. The van der Waals surface area contributed by atoms with Gasteiger partial charge in [0.05, 0.1) is 17.1 Å². The summed E-state index contributed by atoms with van der Waals surface area (Å²) in [6.45, 7) is 3.74. The van der Waals surface area contributed by atoms with E-state index in [1.807, 2.05) is 20.9 Å². The number of carbonyl (C=O) groups is 1. The quantitative estimate of drug-likeness (QED) is 0.843. The maximum Gasteiger partial charge on any atom is 0.275 e. The molecule has 0 fully saturated rings. The number of rotatable bonds is 2. The standard InChI is InChI=1S/C10H13N5OS/c1-5-8(6(2)15(3)14-5)13-9(16)7-4-17-10(11)12-7/h4H,1-3H3,(H2,11,12)(H,13,16). The monoisotopic (exact) mass is 251 g/mol. The van der Waals surface area contributed by atoms with Crippen LogP contribution in [0, 0.1) is 13.8 Å². The Balaban J connectivity index is 2.24. The Hall–Kier alpha value is -1.89. The molecule has 0 spiro atoms. The van der Waals surface area contributed by atoms with Crippen molar-refractivity contribution in [3.05, 3.63) is 22.5 Å². The molecule has 0 atom stereocenters. The Kier molecular flexibility index (Phi) is 2.84. The molecule has 0 unspecified atom stereocenters. The van der Waals surface area contributed by atoms with Crippen LogP contribution < -0.4 is 11.1 Å². The maximum atomic E-state index is 11.9. The van der Waals surface area contributed by atoms with Crippen molar-refractivity contribution < 1.29 is 4.79 Å². The number of carbonyl (C=O) groups excluding carboxylic acids is 1. The summed E-state index contributed by atoms with van der Waals surface area (Å²) < 4.78 is 1.72. The number of anilines is 2. The molecule has 0 aromatic carbocycles. The summed E-state index contributed by atoms with van der Waals surface area (Å²) >= 11 is 1.24. The molecular weight excluding hydrogens is 238 g/mol. The van der Waals surface area contributed by atoms with Crippen molar-refractivity contribution in [2.24, 2.45) is 7.05 Å². The Morgan fingerprint density at radius 3 is 2.71 bits per heavy atom. The normalized spacial score (nSPS) is 10.5. The fraction of sp³-hybridized carbons (Fsp3) is 0.300. The van der Waals surface area contributed by atoms with E-state index >= 15 is 0 Å². The molecule has 0 aliphatic heterocycles. The number of amides is 1. The van der Waals surface area contributed by atoms with Crippen LogP contribution in [-0.2, 0) is 7.05 Å². The molecule has 17 heavy (non-hydrogen) atoms. The first kappa shape index (κ1) is 11.6. The summed E-state index contributed by atoms with van der Waals surface area (Å²) in [5.41, 5.74) is 8.22. The van der Waals surface area contributed by atoms with Crippen LogP contribution >= 0.6 is 11.3 Å². The van der Waals surface area contributed by atoms with Gasteiger partial charge in [0, 0.05) is 12.4 Å². The molecule has 2 heterocycles. The van der Waals surface area contributed by atoms with E-state index in [4.69, 9.17) is 5.73 Å². The molecule has 2 aromatic heterocycles. The highest BCUT2D eigenvalue weighted by Gasteiger charge is 2.15. The summed E-state index contributed by atoms with van der Waals surface area (Å²) in [5, 5.41) is 9.03. The van der Waals surface area contributed by atoms with Crippen LogP contribution in [0.5, 0.6) is 0 Å². The average molecular weight is 251 g/mol. The number of aromatic nitrogens is 3. The van der Waals surface area contributed by atoms with Gasteiger partial charge < -0.3 is 11.1 Å². The second-order valence-corrected chi connectivity index (χ2v) is 4.58. The van der Waals surface area contributed by atoms with Gasteiger partial charge in [-0.25, -0.2) is 4.98 Å². The van der Waals surface area contributed by atoms with Gasteiger partial charge >= 0.3 is 0 Å². The molecule has 0 aliphatic rings. The summed E-state index contributed by atoms with van der Waals surface area (Å²) in [7, 11) is 1.83. The van der Waals surface area contributed by atoms with Crippen molar-refractivity contribution in [1.82, 2.24) is 14.8 Å². The van der Waals surface area contributed by atoms with E-state index in [0.717, 1.165) is 17.1 Å². The van der Waals surface area contributed by atoms with E-state index < -0.39 is 0 Å². The zero-order chi connectivity index (χ0) is 12.6. The van der Waals surface area contributed by atoms with Gasteiger partial charge in [-0.2, -0.15) is 5.10 Å². The zero-order valence-corrected chi connectivity index (χ0v) is 10.6. The number of nitrogens with two attached hydrogens (primary N) is 1. The molecule has 0 saturated carbocycles. The smallest absolute Gasteiger partial charge is 0.275 e. The Bertz CT molecular complexity index is 571. The van der Waals surface area contributed by atoms with Crippen LogP contribution in [0.15, 0.2) is 5.38 Å². The van der Waals surface area contributed by atoms with Gasteiger partial charge in [0.25, 0.3) is 5.91 Å². The van der Waals surface area contributed by atoms with Gasteiger partial charge in [-0.15, -0.1) is 11.3 Å². The van der Waals surface area contributed by atoms with E-state index in [2.05, 4.69) is 15.4 Å². The first-order valence-electron chi connectivity index (χ1n) is 5.01. The Morgan fingerprint density at radius 2 is 2.24 bits per heavy atom. The number of thiazole rings is 1. The molecule has 0 saturated heterocycles. The summed E-state index contributed by atoms with van der Waals surface area (Å²) in [5.74, 6) is -0.267. The largest absolute Gasteiger partial charge is 0.375 e. The SMILES string of the molecule is Cc1nn(C)c(C)c1NC(=O)c1csc(N)n1. The molecule has 2 aromatic rings. The van der Waals surface area contributed by atoms with Gasteiger partial charge in [-0.1, -0.05) is 0 Å². The highest BCUT2D eigenvalue weighted by atomic mass is 32.1. The minimum Gasteiger partial charge on any atom is -0.375 e. The van der Waals surface area contributed by atoms with E-state index in [1.165, 1.54) is 11.3 Å². The highest BCUT2D eigenvalue weighted by Crippen LogP contribution is 2.20. The Morgan fingerprint density at radius 1 is 1.53 bits per heavy atom. The van der Waals surface area contributed by atoms with Crippen LogP contribution in [0.3, 0.4) is 0 Å². The van der Waals surface area contributed by atoms with E-state index in [1.54, 1.807) is 10.1 Å². The molecule has 7 heteroatoms. The number of nitrogen functional groups attached to an aromatic ring is 1. The van der Waals surface area contributed by atoms with Crippen LogP contribution in [0.4, 0.5) is 10.8 Å². The second-order valence-electron chi connectivity index (χ2n) is 3.69. The van der Waals surface area contributed by atoms with Crippen molar-refractivity contribution in [3.63, 3.8) is 0 Å². The van der Waals surface area contributed by atoms with Crippen molar-refractivity contribution in [2.75, 3.05) is 11.1 Å². The van der Waals surface area contributed by atoms with Gasteiger partial charge in [-0.05, 0) is 13.8 Å². The Labute approximate surface area is 102 Å². The molecule has 2 rings (SSSR count). The van der Waals surface area contributed by atoms with E-state index in [-0.39, 0.29) is 5.91 Å². The lowest BCUT2D eigenvalue weighted by atomic mass is 10.3. The molecule has 0 radical (unpaired) electrons. The lowest BCUT2D eigenvalue weighted by molar-refractivity contribution is 0.102. The van der Waals surface area contributed by atoms with Gasteiger partial charge in [0.1, 0.15) is 5.69 Å². The van der Waals surface area contributed by atoms with E-state index in [0.29, 0.717) is 10.8 Å². The third-order valence-electron chi connectivity index (χ3n) is 2.50. The van der Waals surface area contributed by atoms with Crippen LogP contribution in [0.1, 0.15) is 21.9 Å². The summed E-state index contributed by atoms with van der Waals surface area (Å²) in [6.07, 6.45) is 0. The van der Waals surface area contributed by atoms with Gasteiger partial charge in [-0.3, -0.25) is 9.48 Å². The van der Waals surface area contributed by atoms with Gasteiger partial charge in [0.2, 0.25) is 0 Å². The molecule has 0 bridgehead atoms. The highest BCUT2D eigenvalue weighted by molar-refractivity contribution is 7.13. The molecule has 0 aliphatic carbocycles. The predicted molar refractivity (Wildman–Crippen MR) is 67.2 cm³/mol. The van der Waals surface area contributed by atoms with Crippen LogP contribution in [-0.4, -0.2) is 20.7 Å². The molecule has 3 N–H and O–H groups in total. The number of nitrogens with zero attached hydrogens (tertiary/aromatic N) is 3.